The number of ether oxygens (including phenoxy) is 3. The number of carboxylic acid groups (broad SMARTS) is 1. The number of carbonyl (C=O) groups excluding carboxylic acids is 2. The Morgan fingerprint density at radius 1 is 1.00 bits per heavy atom. The zero-order valence-electron chi connectivity index (χ0n) is 17.4. The molecule has 0 spiro atoms. The molecule has 0 saturated heterocycles. The normalized spacial score (nSPS) is 12.5. The number of hydrogen-bond donors (Lipinski definition) is 2. The molecule has 0 heterocycles. The molecule has 8 heteroatoms. The van der Waals surface area contributed by atoms with Gasteiger partial charge >= 0.3 is 17.9 Å². The van der Waals surface area contributed by atoms with E-state index in [1.807, 2.05) is 6.07 Å². The van der Waals surface area contributed by atoms with Crippen molar-refractivity contribution in [1.82, 2.24) is 0 Å². The molecule has 2 atom stereocenters. The number of esters is 2. The molecule has 0 fully saturated rings. The van der Waals surface area contributed by atoms with E-state index < -0.39 is 23.9 Å². The van der Waals surface area contributed by atoms with E-state index in [0.29, 0.717) is 30.9 Å². The average Bonchev–Trinajstić information content (AvgIpc) is 2.76. The van der Waals surface area contributed by atoms with Crippen LogP contribution >= 0.6 is 0 Å². The number of carbonyl (C=O) groups is 3. The minimum Gasteiger partial charge on any atom is -0.494 e. The second-order valence-corrected chi connectivity index (χ2v) is 6.76. The van der Waals surface area contributed by atoms with Gasteiger partial charge in [0.25, 0.3) is 0 Å². The summed E-state index contributed by atoms with van der Waals surface area (Å²) < 4.78 is 15.6. The molecule has 2 aromatic rings. The van der Waals surface area contributed by atoms with Crippen LogP contribution in [0.5, 0.6) is 5.75 Å². The average molecular weight is 429 g/mol. The molecule has 2 rings (SSSR count). The summed E-state index contributed by atoms with van der Waals surface area (Å²) in [5, 5.41) is 9.51. The second kappa shape index (κ2) is 12.3. The lowest BCUT2D eigenvalue weighted by Crippen LogP contribution is -2.35. The molecule has 0 aliphatic carbocycles. The lowest BCUT2D eigenvalue weighted by Gasteiger charge is -2.19. The van der Waals surface area contributed by atoms with Crippen molar-refractivity contribution in [1.29, 1.82) is 0 Å². The van der Waals surface area contributed by atoms with E-state index >= 15 is 0 Å². The first-order valence-corrected chi connectivity index (χ1v) is 9.99. The van der Waals surface area contributed by atoms with Crippen LogP contribution in [0.2, 0.25) is 0 Å². The van der Waals surface area contributed by atoms with E-state index in [-0.39, 0.29) is 19.0 Å². The van der Waals surface area contributed by atoms with Gasteiger partial charge in [0.1, 0.15) is 12.4 Å². The third kappa shape index (κ3) is 7.75. The van der Waals surface area contributed by atoms with Crippen molar-refractivity contribution in [3.63, 3.8) is 0 Å². The molecule has 0 bridgehead atoms. The summed E-state index contributed by atoms with van der Waals surface area (Å²) in [5.41, 5.74) is 7.28. The molecule has 0 radical (unpaired) electrons. The summed E-state index contributed by atoms with van der Waals surface area (Å²) in [6.45, 7) is 2.39. The van der Waals surface area contributed by atoms with Crippen LogP contribution in [0, 0.1) is 5.92 Å². The van der Waals surface area contributed by atoms with Crippen LogP contribution in [-0.4, -0.2) is 36.2 Å². The minimum atomic E-state index is -1.54. The Hall–Kier alpha value is -3.39. The summed E-state index contributed by atoms with van der Waals surface area (Å²) in [7, 11) is 0. The number of rotatable bonds is 12. The van der Waals surface area contributed by atoms with Crippen LogP contribution in [0.15, 0.2) is 54.6 Å². The topological polar surface area (TPSA) is 125 Å². The molecule has 0 aliphatic rings. The van der Waals surface area contributed by atoms with Gasteiger partial charge in [0.2, 0.25) is 0 Å². The first kappa shape index (κ1) is 23.9. The van der Waals surface area contributed by atoms with E-state index in [1.54, 1.807) is 55.5 Å². The zero-order valence-corrected chi connectivity index (χ0v) is 17.4. The van der Waals surface area contributed by atoms with Crippen LogP contribution in [0.1, 0.15) is 36.9 Å². The van der Waals surface area contributed by atoms with Crippen molar-refractivity contribution in [2.75, 3.05) is 13.2 Å². The lowest BCUT2D eigenvalue weighted by atomic mass is 9.94. The largest absolute Gasteiger partial charge is 0.494 e. The zero-order chi connectivity index (χ0) is 22.6. The molecule has 2 aromatic carbocycles. The lowest BCUT2D eigenvalue weighted by molar-refractivity contribution is -0.160. The van der Waals surface area contributed by atoms with Crippen LogP contribution in [0.3, 0.4) is 0 Å². The Morgan fingerprint density at radius 2 is 1.68 bits per heavy atom. The van der Waals surface area contributed by atoms with Gasteiger partial charge in [0.15, 0.2) is 5.92 Å². The highest BCUT2D eigenvalue weighted by molar-refractivity contribution is 5.95. The van der Waals surface area contributed by atoms with Crippen molar-refractivity contribution in [2.24, 2.45) is 11.7 Å². The molecule has 166 valence electrons. The maximum absolute atomic E-state index is 12.4. The van der Waals surface area contributed by atoms with Crippen molar-refractivity contribution < 1.29 is 33.7 Å². The van der Waals surface area contributed by atoms with E-state index in [9.17, 15) is 19.5 Å². The molecule has 8 nitrogen and oxygen atoms in total. The number of nitrogens with two attached hydrogens (primary N) is 1. The van der Waals surface area contributed by atoms with Crippen molar-refractivity contribution in [3.8, 4) is 5.75 Å². The predicted octanol–water partition coefficient (Wildman–Crippen LogP) is 2.85. The van der Waals surface area contributed by atoms with Crippen LogP contribution in [-0.2, 0) is 30.5 Å². The standard InChI is InChI=1S/C23H27NO7/c1-2-29-19(25)9-6-14-30-18-12-10-17(11-13-18)21(24)20(22(26)27)23(28)31-15-16-7-4-3-5-8-16/h3-5,7-8,10-13,20-21H,2,6,9,14-15,24H2,1H3,(H,26,27)/t20-,21?/m0/s1. The highest BCUT2D eigenvalue weighted by Crippen LogP contribution is 2.24. The summed E-state index contributed by atoms with van der Waals surface area (Å²) in [6.07, 6.45) is 0.774. The van der Waals surface area contributed by atoms with Crippen LogP contribution in [0.4, 0.5) is 0 Å². The third-order valence-electron chi connectivity index (χ3n) is 4.47. The van der Waals surface area contributed by atoms with Gasteiger partial charge < -0.3 is 25.1 Å². The smallest absolute Gasteiger partial charge is 0.322 e. The first-order chi connectivity index (χ1) is 14.9. The highest BCUT2D eigenvalue weighted by Gasteiger charge is 2.35. The summed E-state index contributed by atoms with van der Waals surface area (Å²) >= 11 is 0. The number of carboxylic acids is 1. The Morgan fingerprint density at radius 3 is 2.29 bits per heavy atom. The summed E-state index contributed by atoms with van der Waals surface area (Å²) in [5.74, 6) is -3.53. The van der Waals surface area contributed by atoms with Gasteiger partial charge in [-0.1, -0.05) is 42.5 Å². The highest BCUT2D eigenvalue weighted by atomic mass is 16.5. The van der Waals surface area contributed by atoms with Gasteiger partial charge in [-0.15, -0.1) is 0 Å². The SMILES string of the molecule is CCOC(=O)CCCOc1ccc(C(N)[C@@H](C(=O)O)C(=O)OCc2ccccc2)cc1. The molecule has 0 saturated carbocycles. The van der Waals surface area contributed by atoms with Gasteiger partial charge in [-0.3, -0.25) is 14.4 Å². The Balaban J connectivity index is 1.91. The molecule has 0 amide bonds. The van der Waals surface area contributed by atoms with Gasteiger partial charge in [-0.2, -0.15) is 0 Å². The molecule has 3 N–H and O–H groups in total. The van der Waals surface area contributed by atoms with Gasteiger partial charge in [0.05, 0.1) is 19.3 Å². The fourth-order valence-electron chi connectivity index (χ4n) is 2.84. The molecule has 0 aliphatic heterocycles. The van der Waals surface area contributed by atoms with Gasteiger partial charge in [0, 0.05) is 6.42 Å². The monoisotopic (exact) mass is 429 g/mol. The number of aliphatic carboxylic acids is 1. The first-order valence-electron chi connectivity index (χ1n) is 9.99. The molecule has 31 heavy (non-hydrogen) atoms. The summed E-state index contributed by atoms with van der Waals surface area (Å²) in [6, 6.07) is 14.4. The molecular weight excluding hydrogens is 402 g/mol. The minimum absolute atomic E-state index is 0.0330. The van der Waals surface area contributed by atoms with Gasteiger partial charge in [-0.25, -0.2) is 0 Å². The Bertz CT molecular complexity index is 852. The Kier molecular flexibility index (Phi) is 9.51. The fourth-order valence-corrected chi connectivity index (χ4v) is 2.84. The van der Waals surface area contributed by atoms with E-state index in [0.717, 1.165) is 5.56 Å². The van der Waals surface area contributed by atoms with Crippen LogP contribution in [0.25, 0.3) is 0 Å². The molecular formula is C23H27NO7. The Labute approximate surface area is 180 Å². The van der Waals surface area contributed by atoms with E-state index in [4.69, 9.17) is 19.9 Å². The van der Waals surface area contributed by atoms with Crippen molar-refractivity contribution >= 4 is 17.9 Å². The van der Waals surface area contributed by atoms with Crippen molar-refractivity contribution in [3.05, 3.63) is 65.7 Å². The van der Waals surface area contributed by atoms with Crippen molar-refractivity contribution in [2.45, 2.75) is 32.4 Å². The van der Waals surface area contributed by atoms with Gasteiger partial charge in [-0.05, 0) is 36.6 Å². The van der Waals surface area contributed by atoms with E-state index in [2.05, 4.69) is 0 Å². The predicted molar refractivity (Wildman–Crippen MR) is 112 cm³/mol. The van der Waals surface area contributed by atoms with Crippen LogP contribution < -0.4 is 10.5 Å². The quantitative estimate of drug-likeness (QED) is 0.300. The third-order valence-corrected chi connectivity index (χ3v) is 4.47. The maximum Gasteiger partial charge on any atom is 0.322 e. The number of benzene rings is 2. The molecule has 0 aromatic heterocycles. The molecule has 1 unspecified atom stereocenters. The number of hydrogen-bond acceptors (Lipinski definition) is 7. The second-order valence-electron chi connectivity index (χ2n) is 6.76. The van der Waals surface area contributed by atoms with E-state index in [1.165, 1.54) is 0 Å². The maximum atomic E-state index is 12.4. The summed E-state index contributed by atoms with van der Waals surface area (Å²) in [4.78, 5) is 35.3. The fraction of sp³-hybridized carbons (Fsp3) is 0.348.